The molecule has 0 saturated carbocycles. The van der Waals surface area contributed by atoms with Gasteiger partial charge in [-0.2, -0.15) is 5.26 Å². The first-order chi connectivity index (χ1) is 10.2. The molecule has 0 spiro atoms. The summed E-state index contributed by atoms with van der Waals surface area (Å²) in [5.41, 5.74) is 0.511. The van der Waals surface area contributed by atoms with Crippen molar-refractivity contribution in [2.75, 3.05) is 6.54 Å². The van der Waals surface area contributed by atoms with Crippen LogP contribution in [0.2, 0.25) is 5.15 Å². The first-order valence-electron chi connectivity index (χ1n) is 6.96. The Labute approximate surface area is 127 Å². The number of nitriles is 1. The van der Waals surface area contributed by atoms with E-state index in [1.54, 1.807) is 4.90 Å². The molecule has 1 aromatic carbocycles. The van der Waals surface area contributed by atoms with Gasteiger partial charge in [0.05, 0.1) is 11.6 Å². The minimum Gasteiger partial charge on any atom is -0.323 e. The van der Waals surface area contributed by atoms with Crippen LogP contribution in [0.3, 0.4) is 0 Å². The molecular formula is C16H14ClN3O. The number of carbonyl (C=O) groups is 1. The van der Waals surface area contributed by atoms with Crippen LogP contribution in [0.25, 0.3) is 10.8 Å². The van der Waals surface area contributed by atoms with Gasteiger partial charge in [-0.1, -0.05) is 35.9 Å². The molecule has 0 aliphatic carbocycles. The number of hydrogen-bond donors (Lipinski definition) is 0. The van der Waals surface area contributed by atoms with E-state index in [4.69, 9.17) is 11.6 Å². The molecule has 0 N–H and O–H groups in total. The second-order valence-electron chi connectivity index (χ2n) is 5.15. The van der Waals surface area contributed by atoms with Crippen molar-refractivity contribution in [2.24, 2.45) is 0 Å². The Morgan fingerprint density at radius 3 is 2.86 bits per heavy atom. The smallest absolute Gasteiger partial charge is 0.257 e. The van der Waals surface area contributed by atoms with Crippen molar-refractivity contribution in [3.8, 4) is 6.07 Å². The summed E-state index contributed by atoms with van der Waals surface area (Å²) < 4.78 is 0. The predicted octanol–water partition coefficient (Wildman–Crippen LogP) is 3.41. The van der Waals surface area contributed by atoms with Crippen molar-refractivity contribution in [1.29, 1.82) is 5.26 Å². The summed E-state index contributed by atoms with van der Waals surface area (Å²) in [6.07, 6.45) is 4.17. The van der Waals surface area contributed by atoms with Gasteiger partial charge in [0.15, 0.2) is 0 Å². The van der Waals surface area contributed by atoms with E-state index in [1.807, 2.05) is 24.3 Å². The number of likely N-dealkylation sites (tertiary alicyclic amines) is 1. The van der Waals surface area contributed by atoms with Crippen molar-refractivity contribution in [3.63, 3.8) is 0 Å². The van der Waals surface area contributed by atoms with Crippen LogP contribution < -0.4 is 0 Å². The Morgan fingerprint density at radius 2 is 2.10 bits per heavy atom. The van der Waals surface area contributed by atoms with Gasteiger partial charge < -0.3 is 4.90 Å². The molecular weight excluding hydrogens is 286 g/mol. The summed E-state index contributed by atoms with van der Waals surface area (Å²) in [6.45, 7) is 0.619. The average Bonchev–Trinajstić information content (AvgIpc) is 2.55. The van der Waals surface area contributed by atoms with E-state index in [0.717, 1.165) is 30.0 Å². The van der Waals surface area contributed by atoms with Crippen molar-refractivity contribution in [3.05, 3.63) is 41.2 Å². The summed E-state index contributed by atoms with van der Waals surface area (Å²) in [7, 11) is 0. The third-order valence-electron chi connectivity index (χ3n) is 3.89. The number of amides is 1. The molecule has 0 radical (unpaired) electrons. The number of benzene rings is 1. The Balaban J connectivity index is 2.06. The molecule has 1 amide bonds. The van der Waals surface area contributed by atoms with Gasteiger partial charge >= 0.3 is 0 Å². The van der Waals surface area contributed by atoms with Gasteiger partial charge in [0.1, 0.15) is 11.2 Å². The maximum absolute atomic E-state index is 12.8. The van der Waals surface area contributed by atoms with E-state index in [0.29, 0.717) is 17.3 Å². The number of rotatable bonds is 1. The summed E-state index contributed by atoms with van der Waals surface area (Å²) in [4.78, 5) is 18.5. The summed E-state index contributed by atoms with van der Waals surface area (Å²) >= 11 is 6.09. The SMILES string of the molecule is N#CC1CCCCN1C(=O)c1cnc(Cl)c2ccccc12. The van der Waals surface area contributed by atoms with Crippen molar-refractivity contribution < 1.29 is 4.79 Å². The fourth-order valence-corrected chi connectivity index (χ4v) is 3.01. The fraction of sp³-hybridized carbons (Fsp3) is 0.312. The summed E-state index contributed by atoms with van der Waals surface area (Å²) in [5.74, 6) is -0.137. The third kappa shape index (κ3) is 2.45. The predicted molar refractivity (Wildman–Crippen MR) is 81.0 cm³/mol. The maximum atomic E-state index is 12.8. The molecule has 1 fully saturated rings. The number of carbonyl (C=O) groups excluding carboxylic acids is 1. The quantitative estimate of drug-likeness (QED) is 0.758. The molecule has 3 rings (SSSR count). The monoisotopic (exact) mass is 299 g/mol. The summed E-state index contributed by atoms with van der Waals surface area (Å²) in [6, 6.07) is 9.32. The molecule has 1 unspecified atom stereocenters. The number of halogens is 1. The van der Waals surface area contributed by atoms with Gasteiger partial charge in [-0.05, 0) is 24.6 Å². The molecule has 4 nitrogen and oxygen atoms in total. The van der Waals surface area contributed by atoms with E-state index >= 15 is 0 Å². The molecule has 1 saturated heterocycles. The van der Waals surface area contributed by atoms with E-state index < -0.39 is 0 Å². The molecule has 21 heavy (non-hydrogen) atoms. The zero-order valence-corrected chi connectivity index (χ0v) is 12.2. The van der Waals surface area contributed by atoms with E-state index in [2.05, 4.69) is 11.1 Å². The Hall–Kier alpha value is -2.12. The minimum absolute atomic E-state index is 0.137. The normalized spacial score (nSPS) is 18.5. The molecule has 1 aliphatic rings. The average molecular weight is 300 g/mol. The molecule has 5 heteroatoms. The lowest BCUT2D eigenvalue weighted by Gasteiger charge is -2.31. The zero-order chi connectivity index (χ0) is 14.8. The molecule has 1 atom stereocenters. The molecule has 0 bridgehead atoms. The Kier molecular flexibility index (Phi) is 3.76. The lowest BCUT2D eigenvalue weighted by molar-refractivity contribution is 0.0672. The number of hydrogen-bond acceptors (Lipinski definition) is 3. The first-order valence-corrected chi connectivity index (χ1v) is 7.34. The van der Waals surface area contributed by atoms with E-state index in [9.17, 15) is 10.1 Å². The second kappa shape index (κ2) is 5.71. The zero-order valence-electron chi connectivity index (χ0n) is 11.4. The Morgan fingerprint density at radius 1 is 1.33 bits per heavy atom. The van der Waals surface area contributed by atoms with Gasteiger partial charge in [0.25, 0.3) is 5.91 Å². The number of piperidine rings is 1. The number of nitrogens with zero attached hydrogens (tertiary/aromatic N) is 3. The molecule has 2 heterocycles. The second-order valence-corrected chi connectivity index (χ2v) is 5.51. The van der Waals surface area contributed by atoms with Crippen LogP contribution in [0.15, 0.2) is 30.5 Å². The third-order valence-corrected chi connectivity index (χ3v) is 4.19. The molecule has 1 aliphatic heterocycles. The first kappa shape index (κ1) is 13.8. The number of pyridine rings is 1. The van der Waals surface area contributed by atoms with Gasteiger partial charge in [0, 0.05) is 18.1 Å². The van der Waals surface area contributed by atoms with Crippen LogP contribution in [0, 0.1) is 11.3 Å². The fourth-order valence-electron chi connectivity index (χ4n) is 2.79. The highest BCUT2D eigenvalue weighted by Crippen LogP contribution is 2.27. The largest absolute Gasteiger partial charge is 0.323 e. The topological polar surface area (TPSA) is 57.0 Å². The highest BCUT2D eigenvalue weighted by atomic mass is 35.5. The van der Waals surface area contributed by atoms with Crippen LogP contribution in [-0.2, 0) is 0 Å². The molecule has 2 aromatic rings. The number of aromatic nitrogens is 1. The minimum atomic E-state index is -0.347. The lowest BCUT2D eigenvalue weighted by atomic mass is 10.0. The van der Waals surface area contributed by atoms with Gasteiger partial charge in [-0.25, -0.2) is 4.98 Å². The van der Waals surface area contributed by atoms with Gasteiger partial charge in [0.2, 0.25) is 0 Å². The van der Waals surface area contributed by atoms with Gasteiger partial charge in [-0.15, -0.1) is 0 Å². The Bertz CT molecular complexity index is 738. The van der Waals surface area contributed by atoms with E-state index in [-0.39, 0.29) is 11.9 Å². The van der Waals surface area contributed by atoms with Crippen molar-refractivity contribution in [2.45, 2.75) is 25.3 Å². The van der Waals surface area contributed by atoms with Gasteiger partial charge in [-0.3, -0.25) is 4.79 Å². The van der Waals surface area contributed by atoms with Crippen LogP contribution in [-0.4, -0.2) is 28.4 Å². The van der Waals surface area contributed by atoms with Crippen LogP contribution >= 0.6 is 11.6 Å². The maximum Gasteiger partial charge on any atom is 0.257 e. The highest BCUT2D eigenvalue weighted by Gasteiger charge is 2.28. The lowest BCUT2D eigenvalue weighted by Crippen LogP contribution is -2.43. The summed E-state index contributed by atoms with van der Waals surface area (Å²) in [5, 5.41) is 11.2. The number of fused-ring (bicyclic) bond motifs is 1. The van der Waals surface area contributed by atoms with E-state index in [1.165, 1.54) is 6.20 Å². The van der Waals surface area contributed by atoms with Crippen LogP contribution in [0.5, 0.6) is 0 Å². The van der Waals surface area contributed by atoms with Crippen molar-refractivity contribution in [1.82, 2.24) is 9.88 Å². The molecule has 1 aromatic heterocycles. The van der Waals surface area contributed by atoms with Crippen LogP contribution in [0.4, 0.5) is 0 Å². The van der Waals surface area contributed by atoms with Crippen LogP contribution in [0.1, 0.15) is 29.6 Å². The molecule has 106 valence electrons. The van der Waals surface area contributed by atoms with Crippen molar-refractivity contribution >= 4 is 28.3 Å². The highest BCUT2D eigenvalue weighted by molar-refractivity contribution is 6.34. The standard InChI is InChI=1S/C16H14ClN3O/c17-15-13-7-2-1-6-12(13)14(10-19-15)16(21)20-8-4-3-5-11(20)9-18/h1-2,6-7,10-11H,3-5,8H2.